The molecule has 1 nitrogen and oxygen atoms in total. The van der Waals surface area contributed by atoms with Crippen LogP contribution in [0.1, 0.15) is 17.5 Å². The first kappa shape index (κ1) is 8.63. The third-order valence-corrected chi connectivity index (χ3v) is 3.26. The second kappa shape index (κ2) is 3.07. The van der Waals surface area contributed by atoms with Gasteiger partial charge in [-0.1, -0.05) is 6.92 Å². The van der Waals surface area contributed by atoms with Gasteiger partial charge in [-0.3, -0.25) is 0 Å². The Hall–Kier alpha value is -0.960. The molecule has 0 fully saturated rings. The second-order valence-electron chi connectivity index (χ2n) is 2.98. The van der Waals surface area contributed by atoms with Gasteiger partial charge in [0.05, 0.1) is 15.2 Å². The molecule has 0 unspecified atom stereocenters. The summed E-state index contributed by atoms with van der Waals surface area (Å²) in [6.45, 7) is 3.83. The lowest BCUT2D eigenvalue weighted by Gasteiger charge is -1.94. The van der Waals surface area contributed by atoms with Crippen LogP contribution in [0.25, 0.3) is 10.2 Å². The van der Waals surface area contributed by atoms with Crippen LogP contribution in [0, 0.1) is 12.7 Å². The molecule has 0 radical (unpaired) electrons. The molecule has 0 spiro atoms. The lowest BCUT2D eigenvalue weighted by Crippen LogP contribution is -1.83. The SMILES string of the molecule is CCc1nc2c(C)c(F)ccc2s1. The maximum Gasteiger partial charge on any atom is 0.128 e. The fraction of sp³-hybridized carbons (Fsp3) is 0.300. The van der Waals surface area contributed by atoms with E-state index in [0.29, 0.717) is 5.56 Å². The summed E-state index contributed by atoms with van der Waals surface area (Å²) >= 11 is 1.64. The largest absolute Gasteiger partial charge is 0.241 e. The molecule has 13 heavy (non-hydrogen) atoms. The molecule has 2 aromatic rings. The van der Waals surface area contributed by atoms with Gasteiger partial charge in [0.2, 0.25) is 0 Å². The summed E-state index contributed by atoms with van der Waals surface area (Å²) in [4.78, 5) is 4.37. The number of aryl methyl sites for hydroxylation is 2. The highest BCUT2D eigenvalue weighted by molar-refractivity contribution is 7.18. The van der Waals surface area contributed by atoms with Crippen molar-refractivity contribution < 1.29 is 4.39 Å². The predicted molar refractivity (Wildman–Crippen MR) is 53.7 cm³/mol. The molecule has 1 aromatic carbocycles. The van der Waals surface area contributed by atoms with E-state index in [1.807, 2.05) is 0 Å². The average Bonchev–Trinajstić information content (AvgIpc) is 2.55. The number of aromatic nitrogens is 1. The lowest BCUT2D eigenvalue weighted by molar-refractivity contribution is 0.620. The molecule has 1 aromatic heterocycles. The molecule has 0 N–H and O–H groups in total. The Morgan fingerprint density at radius 3 is 2.92 bits per heavy atom. The van der Waals surface area contributed by atoms with E-state index in [4.69, 9.17) is 0 Å². The molecular formula is C10H10FNS. The van der Waals surface area contributed by atoms with E-state index in [2.05, 4.69) is 11.9 Å². The normalized spacial score (nSPS) is 11.0. The number of hydrogen-bond donors (Lipinski definition) is 0. The number of thiazole rings is 1. The van der Waals surface area contributed by atoms with Crippen molar-refractivity contribution in [1.29, 1.82) is 0 Å². The molecule has 68 valence electrons. The molecule has 0 aliphatic carbocycles. The third-order valence-electron chi connectivity index (χ3n) is 2.09. The van der Waals surface area contributed by atoms with Gasteiger partial charge < -0.3 is 0 Å². The van der Waals surface area contributed by atoms with Crippen LogP contribution in [-0.4, -0.2) is 4.98 Å². The molecule has 0 aliphatic heterocycles. The van der Waals surface area contributed by atoms with Crippen LogP contribution in [0.3, 0.4) is 0 Å². The molecule has 3 heteroatoms. The van der Waals surface area contributed by atoms with Crippen LogP contribution in [0.4, 0.5) is 4.39 Å². The van der Waals surface area contributed by atoms with Crippen molar-refractivity contribution in [1.82, 2.24) is 4.98 Å². The van der Waals surface area contributed by atoms with Gasteiger partial charge in [0, 0.05) is 5.56 Å². The van der Waals surface area contributed by atoms with Gasteiger partial charge in [-0.2, -0.15) is 0 Å². The maximum absolute atomic E-state index is 13.1. The van der Waals surface area contributed by atoms with Gasteiger partial charge in [0.1, 0.15) is 5.82 Å². The molecule has 0 atom stereocenters. The summed E-state index contributed by atoms with van der Waals surface area (Å²) in [6.07, 6.45) is 0.917. The minimum Gasteiger partial charge on any atom is -0.241 e. The van der Waals surface area contributed by atoms with Crippen LogP contribution >= 0.6 is 11.3 Å². The Morgan fingerprint density at radius 2 is 2.23 bits per heavy atom. The van der Waals surface area contributed by atoms with Crippen molar-refractivity contribution in [2.45, 2.75) is 20.3 Å². The standard InChI is InChI=1S/C10H10FNS/c1-3-9-12-10-6(2)7(11)4-5-8(10)13-9/h4-5H,3H2,1-2H3. The minimum atomic E-state index is -0.166. The van der Waals surface area contributed by atoms with Crippen molar-refractivity contribution in [3.05, 3.63) is 28.5 Å². The molecule has 0 saturated heterocycles. The summed E-state index contributed by atoms with van der Waals surface area (Å²) in [5.41, 5.74) is 1.48. The monoisotopic (exact) mass is 195 g/mol. The first-order chi connectivity index (χ1) is 6.22. The highest BCUT2D eigenvalue weighted by Crippen LogP contribution is 2.26. The van der Waals surface area contributed by atoms with Crippen LogP contribution < -0.4 is 0 Å². The Balaban J connectivity index is 2.76. The van der Waals surface area contributed by atoms with Crippen molar-refractivity contribution in [2.75, 3.05) is 0 Å². The molecular weight excluding hydrogens is 185 g/mol. The van der Waals surface area contributed by atoms with E-state index >= 15 is 0 Å². The van der Waals surface area contributed by atoms with Crippen LogP contribution in [-0.2, 0) is 6.42 Å². The Morgan fingerprint density at radius 1 is 1.46 bits per heavy atom. The summed E-state index contributed by atoms with van der Waals surface area (Å²) in [6, 6.07) is 3.31. The highest BCUT2D eigenvalue weighted by Gasteiger charge is 2.07. The molecule has 0 bridgehead atoms. The first-order valence-corrected chi connectivity index (χ1v) is 5.08. The van der Waals surface area contributed by atoms with E-state index in [0.717, 1.165) is 21.6 Å². The summed E-state index contributed by atoms with van der Waals surface area (Å²) < 4.78 is 14.2. The van der Waals surface area contributed by atoms with E-state index in [-0.39, 0.29) is 5.82 Å². The quantitative estimate of drug-likeness (QED) is 0.680. The fourth-order valence-corrected chi connectivity index (χ4v) is 2.26. The van der Waals surface area contributed by atoms with Gasteiger partial charge >= 0.3 is 0 Å². The minimum absolute atomic E-state index is 0.166. The summed E-state index contributed by atoms with van der Waals surface area (Å²) in [5, 5.41) is 1.07. The average molecular weight is 195 g/mol. The van der Waals surface area contributed by atoms with Crippen molar-refractivity contribution in [3.8, 4) is 0 Å². The molecule has 0 amide bonds. The number of rotatable bonds is 1. The van der Waals surface area contributed by atoms with Crippen LogP contribution in [0.2, 0.25) is 0 Å². The highest BCUT2D eigenvalue weighted by atomic mass is 32.1. The number of hydrogen-bond acceptors (Lipinski definition) is 2. The predicted octanol–water partition coefficient (Wildman–Crippen LogP) is 3.31. The third kappa shape index (κ3) is 1.33. The van der Waals surface area contributed by atoms with Gasteiger partial charge in [-0.15, -0.1) is 11.3 Å². The Labute approximate surface area is 80.2 Å². The Bertz CT molecular complexity index is 447. The van der Waals surface area contributed by atoms with Gasteiger partial charge in [-0.05, 0) is 25.5 Å². The smallest absolute Gasteiger partial charge is 0.128 e. The van der Waals surface area contributed by atoms with Gasteiger partial charge in [-0.25, -0.2) is 9.37 Å². The van der Waals surface area contributed by atoms with E-state index < -0.39 is 0 Å². The van der Waals surface area contributed by atoms with Crippen LogP contribution in [0.5, 0.6) is 0 Å². The van der Waals surface area contributed by atoms with E-state index in [1.54, 1.807) is 24.3 Å². The van der Waals surface area contributed by atoms with Crippen molar-refractivity contribution in [3.63, 3.8) is 0 Å². The number of benzene rings is 1. The molecule has 2 rings (SSSR count). The number of nitrogens with zero attached hydrogens (tertiary/aromatic N) is 1. The molecule has 0 aliphatic rings. The van der Waals surface area contributed by atoms with Crippen LogP contribution in [0.15, 0.2) is 12.1 Å². The topological polar surface area (TPSA) is 12.9 Å². The molecule has 1 heterocycles. The Kier molecular flexibility index (Phi) is 2.04. The van der Waals surface area contributed by atoms with Crippen molar-refractivity contribution in [2.24, 2.45) is 0 Å². The number of fused-ring (bicyclic) bond motifs is 1. The number of halogens is 1. The zero-order chi connectivity index (χ0) is 9.42. The van der Waals surface area contributed by atoms with Crippen molar-refractivity contribution >= 4 is 21.6 Å². The fourth-order valence-electron chi connectivity index (χ4n) is 1.30. The summed E-state index contributed by atoms with van der Waals surface area (Å²) in [5.74, 6) is -0.166. The van der Waals surface area contributed by atoms with Gasteiger partial charge in [0.25, 0.3) is 0 Å². The molecule has 0 saturated carbocycles. The summed E-state index contributed by atoms with van der Waals surface area (Å²) in [7, 11) is 0. The van der Waals surface area contributed by atoms with Gasteiger partial charge in [0.15, 0.2) is 0 Å². The zero-order valence-corrected chi connectivity index (χ0v) is 8.41. The lowest BCUT2D eigenvalue weighted by atomic mass is 10.2. The van der Waals surface area contributed by atoms with E-state index in [1.165, 1.54) is 6.07 Å². The second-order valence-corrected chi connectivity index (χ2v) is 4.10. The van der Waals surface area contributed by atoms with E-state index in [9.17, 15) is 4.39 Å². The first-order valence-electron chi connectivity index (χ1n) is 4.27. The maximum atomic E-state index is 13.1. The zero-order valence-electron chi connectivity index (χ0n) is 7.60.